The second-order valence-corrected chi connectivity index (χ2v) is 13.3. The van der Waals surface area contributed by atoms with Crippen LogP contribution in [0.3, 0.4) is 0 Å². The van der Waals surface area contributed by atoms with Gasteiger partial charge >= 0.3 is 5.97 Å². The van der Waals surface area contributed by atoms with Crippen LogP contribution >= 0.6 is 46.3 Å². The molecule has 1 aliphatic heterocycles. The Morgan fingerprint density at radius 1 is 1.00 bits per heavy atom. The van der Waals surface area contributed by atoms with Crippen molar-refractivity contribution in [1.82, 2.24) is 4.57 Å². The molecule has 244 valence electrons. The van der Waals surface area contributed by atoms with Crippen LogP contribution < -0.4 is 24.4 Å². The number of halogens is 2. The van der Waals surface area contributed by atoms with Crippen molar-refractivity contribution in [1.29, 1.82) is 0 Å². The summed E-state index contributed by atoms with van der Waals surface area (Å²) in [5.41, 5.74) is 3.39. The summed E-state index contributed by atoms with van der Waals surface area (Å²) in [6, 6.07) is 27.4. The first-order chi connectivity index (χ1) is 23.3. The number of benzene rings is 4. The monoisotopic (exact) mass is 716 g/mol. The zero-order valence-corrected chi connectivity index (χ0v) is 29.4. The van der Waals surface area contributed by atoms with Gasteiger partial charge in [-0.1, -0.05) is 95.2 Å². The Hall–Kier alpha value is -4.28. The molecule has 0 spiro atoms. The van der Waals surface area contributed by atoms with Crippen molar-refractivity contribution in [3.63, 3.8) is 0 Å². The van der Waals surface area contributed by atoms with E-state index >= 15 is 0 Å². The molecule has 48 heavy (non-hydrogen) atoms. The molecule has 4 aromatic carbocycles. The predicted octanol–water partition coefficient (Wildman–Crippen LogP) is 7.55. The van der Waals surface area contributed by atoms with Gasteiger partial charge in [0.1, 0.15) is 6.61 Å². The zero-order valence-electron chi connectivity index (χ0n) is 26.2. The maximum atomic E-state index is 14.3. The molecule has 0 bridgehead atoms. The number of ether oxygens (including phenoxy) is 3. The summed E-state index contributed by atoms with van der Waals surface area (Å²) in [7, 11) is 1.52. The number of carbonyl (C=O) groups is 1. The number of fused-ring (bicyclic) bond motifs is 1. The van der Waals surface area contributed by atoms with Crippen molar-refractivity contribution in [2.45, 2.75) is 24.5 Å². The van der Waals surface area contributed by atoms with Crippen LogP contribution in [0.2, 0.25) is 10.0 Å². The lowest BCUT2D eigenvalue weighted by molar-refractivity contribution is -0.138. The van der Waals surface area contributed by atoms with Gasteiger partial charge in [-0.3, -0.25) is 9.36 Å². The van der Waals surface area contributed by atoms with Crippen LogP contribution in [0.5, 0.6) is 11.5 Å². The van der Waals surface area contributed by atoms with Gasteiger partial charge in [0, 0.05) is 21.0 Å². The first-order valence-electron chi connectivity index (χ1n) is 15.0. The molecule has 5 aromatic rings. The minimum absolute atomic E-state index is 0.174. The van der Waals surface area contributed by atoms with Gasteiger partial charge in [0.25, 0.3) is 5.56 Å². The average Bonchev–Trinajstić information content (AvgIpc) is 3.41. The minimum Gasteiger partial charge on any atom is -0.493 e. The lowest BCUT2D eigenvalue weighted by Gasteiger charge is -2.26. The van der Waals surface area contributed by atoms with Crippen LogP contribution in [-0.4, -0.2) is 30.5 Å². The lowest BCUT2D eigenvalue weighted by atomic mass is 9.93. The Morgan fingerprint density at radius 2 is 1.73 bits per heavy atom. The number of hydrogen-bond donors (Lipinski definition) is 0. The van der Waals surface area contributed by atoms with Crippen LogP contribution in [0.4, 0.5) is 0 Å². The van der Waals surface area contributed by atoms with Crippen molar-refractivity contribution in [2.24, 2.45) is 4.99 Å². The number of nitrogens with zero attached hydrogens (tertiary/aromatic N) is 2. The van der Waals surface area contributed by atoms with Gasteiger partial charge in [-0.25, -0.2) is 9.79 Å². The Kier molecular flexibility index (Phi) is 10.4. The second-order valence-electron chi connectivity index (χ2n) is 10.6. The first kappa shape index (κ1) is 33.6. The van der Waals surface area contributed by atoms with Crippen LogP contribution in [0, 0.1) is 0 Å². The van der Waals surface area contributed by atoms with Crippen LogP contribution in [0.1, 0.15) is 35.2 Å². The van der Waals surface area contributed by atoms with E-state index in [4.69, 9.17) is 42.4 Å². The summed E-state index contributed by atoms with van der Waals surface area (Å²) in [5, 5.41) is 0.891. The average molecular weight is 718 g/mol. The van der Waals surface area contributed by atoms with Crippen molar-refractivity contribution < 1.29 is 19.0 Å². The zero-order chi connectivity index (χ0) is 33.8. The van der Waals surface area contributed by atoms with Gasteiger partial charge < -0.3 is 14.2 Å². The van der Waals surface area contributed by atoms with Gasteiger partial charge in [0.05, 0.1) is 40.6 Å². The van der Waals surface area contributed by atoms with E-state index in [1.807, 2.05) is 79.1 Å². The highest BCUT2D eigenvalue weighted by Crippen LogP contribution is 2.38. The minimum atomic E-state index is -0.771. The molecule has 0 amide bonds. The molecular formula is C37H30Cl2N2O5S2. The van der Waals surface area contributed by atoms with Crippen molar-refractivity contribution in [2.75, 3.05) is 20.0 Å². The molecule has 1 aliphatic rings. The van der Waals surface area contributed by atoms with Crippen molar-refractivity contribution >= 4 is 64.0 Å². The summed E-state index contributed by atoms with van der Waals surface area (Å²) in [4.78, 5) is 34.4. The maximum absolute atomic E-state index is 14.3. The molecule has 11 heteroatoms. The molecule has 0 unspecified atom stereocenters. The van der Waals surface area contributed by atoms with E-state index in [-0.39, 0.29) is 18.8 Å². The number of methoxy groups -OCH3 is 1. The Bertz CT molecular complexity index is 2200. The topological polar surface area (TPSA) is 79.1 Å². The summed E-state index contributed by atoms with van der Waals surface area (Å²) in [5.74, 6) is 0.228. The highest BCUT2D eigenvalue weighted by molar-refractivity contribution is 7.98. The fourth-order valence-electron chi connectivity index (χ4n) is 5.42. The van der Waals surface area contributed by atoms with E-state index in [1.54, 1.807) is 47.5 Å². The van der Waals surface area contributed by atoms with E-state index in [0.29, 0.717) is 47.7 Å². The number of rotatable bonds is 10. The SMILES string of the molecule is CCOC(=O)C1=C(c2ccccc2)N=c2s/c(=C\c3cc(Cl)c(OCc4ccccc4Cl)c(OC)c3)c(=O)n2[C@H]1c1ccc(SC)cc1. The number of esters is 1. The predicted molar refractivity (Wildman–Crippen MR) is 193 cm³/mol. The molecule has 0 aliphatic carbocycles. The van der Waals surface area contributed by atoms with Gasteiger partial charge in [0.2, 0.25) is 0 Å². The number of carbonyl (C=O) groups excluding carboxylic acids is 1. The Balaban J connectivity index is 1.50. The lowest BCUT2D eigenvalue weighted by Crippen LogP contribution is -2.40. The fraction of sp³-hybridized carbons (Fsp3) is 0.162. The van der Waals surface area contributed by atoms with Gasteiger partial charge in [0.15, 0.2) is 16.3 Å². The number of aromatic nitrogens is 1. The second kappa shape index (κ2) is 14.9. The molecular weight excluding hydrogens is 687 g/mol. The number of thiazole rings is 1. The largest absolute Gasteiger partial charge is 0.493 e. The van der Waals surface area contributed by atoms with Crippen LogP contribution in [0.15, 0.2) is 111 Å². The first-order valence-corrected chi connectivity index (χ1v) is 17.8. The summed E-state index contributed by atoms with van der Waals surface area (Å²) in [6.07, 6.45) is 3.73. The van der Waals surface area contributed by atoms with Gasteiger partial charge in [-0.15, -0.1) is 11.8 Å². The smallest absolute Gasteiger partial charge is 0.338 e. The number of hydrogen-bond acceptors (Lipinski definition) is 8. The highest BCUT2D eigenvalue weighted by atomic mass is 35.5. The van der Waals surface area contributed by atoms with Crippen molar-refractivity contribution in [3.05, 3.63) is 149 Å². The normalized spacial score (nSPS) is 14.4. The third-order valence-electron chi connectivity index (χ3n) is 7.68. The number of thioether (sulfide) groups is 1. The van der Waals surface area contributed by atoms with Gasteiger partial charge in [-0.05, 0) is 60.7 Å². The molecule has 7 nitrogen and oxygen atoms in total. The summed E-state index contributed by atoms with van der Waals surface area (Å²) in [6.45, 7) is 2.12. The van der Waals surface area contributed by atoms with E-state index in [9.17, 15) is 9.59 Å². The standard InChI is InChI=1S/C37H30Cl2N2O5S2/c1-4-45-36(43)31-32(23-10-6-5-7-11-23)40-37-41(33(31)24-14-16-26(47-3)17-15-24)35(42)30(48-37)20-22-18-28(39)34(29(19-22)44-2)46-21-25-12-8-9-13-27(25)38/h5-20,33H,4,21H2,1-3H3/b30-20-/t33-/m0/s1. The molecule has 0 radical (unpaired) electrons. The molecule has 0 saturated carbocycles. The van der Waals surface area contributed by atoms with Crippen LogP contribution in [0.25, 0.3) is 11.8 Å². The molecule has 0 N–H and O–H groups in total. The molecule has 1 atom stereocenters. The third kappa shape index (κ3) is 6.82. The quantitative estimate of drug-likeness (QED) is 0.110. The van der Waals surface area contributed by atoms with E-state index in [1.165, 1.54) is 18.4 Å². The van der Waals surface area contributed by atoms with E-state index in [2.05, 4.69) is 0 Å². The molecule has 0 saturated heterocycles. The maximum Gasteiger partial charge on any atom is 0.338 e. The molecule has 1 aromatic heterocycles. The Morgan fingerprint density at radius 3 is 2.42 bits per heavy atom. The highest BCUT2D eigenvalue weighted by Gasteiger charge is 2.35. The summed E-state index contributed by atoms with van der Waals surface area (Å²) < 4.78 is 19.2. The molecule has 2 heterocycles. The third-order valence-corrected chi connectivity index (χ3v) is 10.1. The van der Waals surface area contributed by atoms with Crippen LogP contribution in [-0.2, 0) is 16.1 Å². The van der Waals surface area contributed by atoms with Gasteiger partial charge in [-0.2, -0.15) is 0 Å². The van der Waals surface area contributed by atoms with E-state index in [0.717, 1.165) is 21.6 Å². The Labute approximate surface area is 295 Å². The van der Waals surface area contributed by atoms with E-state index < -0.39 is 12.0 Å². The molecule has 0 fully saturated rings. The fourth-order valence-corrected chi connectivity index (χ4v) is 7.30. The molecule has 6 rings (SSSR count). The summed E-state index contributed by atoms with van der Waals surface area (Å²) >= 11 is 15.9. The van der Waals surface area contributed by atoms with Crippen molar-refractivity contribution in [3.8, 4) is 11.5 Å².